The predicted molar refractivity (Wildman–Crippen MR) is 206 cm³/mol. The first-order valence-corrected chi connectivity index (χ1v) is 17.2. The van der Waals surface area contributed by atoms with E-state index in [-0.39, 0.29) is 0 Å². The molecule has 0 amide bonds. The molecule has 0 fully saturated rings. The largest absolute Gasteiger partial charge is 0.363 e. The number of benzene rings is 6. The number of nitrogens with one attached hydrogen (secondary N) is 2. The molecule has 0 saturated heterocycles. The van der Waals surface area contributed by atoms with E-state index < -0.39 is 0 Å². The van der Waals surface area contributed by atoms with Gasteiger partial charge in [0.25, 0.3) is 0 Å². The van der Waals surface area contributed by atoms with Crippen LogP contribution in [0.15, 0.2) is 109 Å². The molecule has 2 N–H and O–H groups in total. The van der Waals surface area contributed by atoms with Gasteiger partial charge in [-0.25, -0.2) is 0 Å². The molecule has 0 atom stereocenters. The van der Waals surface area contributed by atoms with Gasteiger partial charge in [0.1, 0.15) is 0 Å². The van der Waals surface area contributed by atoms with Gasteiger partial charge in [0.05, 0.1) is 0 Å². The van der Waals surface area contributed by atoms with Crippen LogP contribution in [0.1, 0.15) is 37.8 Å². The Morgan fingerprint density at radius 1 is 0.500 bits per heavy atom. The first-order chi connectivity index (χ1) is 22.6. The molecule has 0 aliphatic carbocycles. The second-order valence-corrected chi connectivity index (χ2v) is 12.6. The Balaban J connectivity index is 1.23. The van der Waals surface area contributed by atoms with Crippen LogP contribution in [-0.2, 0) is 13.1 Å². The van der Waals surface area contributed by atoms with Crippen molar-refractivity contribution in [2.75, 3.05) is 26.2 Å². The lowest BCUT2D eigenvalue weighted by atomic mass is 9.96. The van der Waals surface area contributed by atoms with Gasteiger partial charge in [0, 0.05) is 39.3 Å². The van der Waals surface area contributed by atoms with Crippen molar-refractivity contribution in [3.8, 4) is 0 Å². The fraction of sp³-hybridized carbons (Fsp3) is 0.250. The number of thiocarbonyl (C=S) groups is 2. The number of rotatable bonds is 11. The molecule has 46 heavy (non-hydrogen) atoms. The molecule has 0 bridgehead atoms. The SMILES string of the molecule is CCNC(=S)N(CCCCN(Cc1c2ccccc2cc2ccccc12)C(=S)NCC)Cc1c2ccccc2cc2ccccc12. The summed E-state index contributed by atoms with van der Waals surface area (Å²) in [7, 11) is 0. The molecule has 0 spiro atoms. The summed E-state index contributed by atoms with van der Waals surface area (Å²) >= 11 is 11.9. The van der Waals surface area contributed by atoms with Gasteiger partial charge in [-0.05, 0) is 117 Å². The molecular formula is C40H42N4S2. The molecule has 6 aromatic rings. The number of hydrogen-bond acceptors (Lipinski definition) is 2. The summed E-state index contributed by atoms with van der Waals surface area (Å²) in [6.45, 7) is 9.06. The lowest BCUT2D eigenvalue weighted by molar-refractivity contribution is 0.357. The Kier molecular flexibility index (Phi) is 10.3. The van der Waals surface area contributed by atoms with Crippen molar-refractivity contribution in [1.29, 1.82) is 0 Å². The van der Waals surface area contributed by atoms with Crippen molar-refractivity contribution in [2.24, 2.45) is 0 Å². The highest BCUT2D eigenvalue weighted by molar-refractivity contribution is 7.80. The van der Waals surface area contributed by atoms with Crippen molar-refractivity contribution in [3.05, 3.63) is 120 Å². The maximum absolute atomic E-state index is 5.95. The summed E-state index contributed by atoms with van der Waals surface area (Å²) in [5.74, 6) is 0. The maximum atomic E-state index is 5.95. The first-order valence-electron chi connectivity index (χ1n) is 16.4. The Hall–Kier alpha value is -4.26. The molecule has 0 aromatic heterocycles. The molecule has 6 aromatic carbocycles. The van der Waals surface area contributed by atoms with Crippen LogP contribution in [0.2, 0.25) is 0 Å². The lowest BCUT2D eigenvalue weighted by Gasteiger charge is -2.29. The number of nitrogens with zero attached hydrogens (tertiary/aromatic N) is 2. The van der Waals surface area contributed by atoms with Crippen molar-refractivity contribution in [3.63, 3.8) is 0 Å². The molecule has 0 heterocycles. The molecule has 4 nitrogen and oxygen atoms in total. The molecular weight excluding hydrogens is 601 g/mol. The number of fused-ring (bicyclic) bond motifs is 4. The van der Waals surface area contributed by atoms with Crippen LogP contribution in [0.4, 0.5) is 0 Å². The Morgan fingerprint density at radius 2 is 0.804 bits per heavy atom. The van der Waals surface area contributed by atoms with Gasteiger partial charge in [-0.15, -0.1) is 0 Å². The fourth-order valence-corrected chi connectivity index (χ4v) is 7.17. The highest BCUT2D eigenvalue weighted by Crippen LogP contribution is 2.31. The van der Waals surface area contributed by atoms with E-state index in [1.54, 1.807) is 0 Å². The normalized spacial score (nSPS) is 11.3. The van der Waals surface area contributed by atoms with Gasteiger partial charge in [0.2, 0.25) is 0 Å². The standard InChI is InChI=1S/C40H42N4S2/c1-3-41-39(45)43(27-37-33-19-9-5-15-29(33)25-30-16-6-10-20-34(30)37)23-13-14-24-44(40(46)42-4-2)28-38-35-21-11-7-17-31(35)26-32-18-8-12-22-36(32)38/h5-12,15-22,25-26H,3-4,13-14,23-24,27-28H2,1-2H3,(H,41,45)(H,42,46). The summed E-state index contributed by atoms with van der Waals surface area (Å²) in [4.78, 5) is 4.69. The zero-order valence-corrected chi connectivity index (χ0v) is 28.4. The molecule has 0 unspecified atom stereocenters. The van der Waals surface area contributed by atoms with Crippen molar-refractivity contribution >= 4 is 77.8 Å². The Bertz CT molecular complexity index is 1750. The maximum Gasteiger partial charge on any atom is 0.169 e. The van der Waals surface area contributed by atoms with Crippen LogP contribution in [0.3, 0.4) is 0 Å². The molecule has 6 rings (SSSR count). The van der Waals surface area contributed by atoms with E-state index in [0.717, 1.165) is 62.3 Å². The average Bonchev–Trinajstić information content (AvgIpc) is 3.08. The summed E-state index contributed by atoms with van der Waals surface area (Å²) in [6.07, 6.45) is 1.99. The Morgan fingerprint density at radius 3 is 1.11 bits per heavy atom. The van der Waals surface area contributed by atoms with Crippen LogP contribution in [0.25, 0.3) is 43.1 Å². The van der Waals surface area contributed by atoms with E-state index in [2.05, 4.69) is 143 Å². The van der Waals surface area contributed by atoms with Gasteiger partial charge in [0.15, 0.2) is 10.2 Å². The topological polar surface area (TPSA) is 30.5 Å². The zero-order valence-electron chi connectivity index (χ0n) is 26.8. The summed E-state index contributed by atoms with van der Waals surface area (Å²) in [5, 5.41) is 18.7. The van der Waals surface area contributed by atoms with Gasteiger partial charge in [-0.3, -0.25) is 0 Å². The lowest BCUT2D eigenvalue weighted by Crippen LogP contribution is -2.41. The fourth-order valence-electron chi connectivity index (χ4n) is 6.57. The van der Waals surface area contributed by atoms with Crippen LogP contribution < -0.4 is 10.6 Å². The molecule has 6 heteroatoms. The first kappa shape index (κ1) is 31.7. The second-order valence-electron chi connectivity index (χ2n) is 11.8. The van der Waals surface area contributed by atoms with Crippen molar-refractivity contribution in [2.45, 2.75) is 39.8 Å². The minimum Gasteiger partial charge on any atom is -0.363 e. The zero-order chi connectivity index (χ0) is 31.9. The minimum atomic E-state index is 0.759. The van der Waals surface area contributed by atoms with Crippen LogP contribution in [-0.4, -0.2) is 46.2 Å². The highest BCUT2D eigenvalue weighted by atomic mass is 32.1. The quantitative estimate of drug-likeness (QED) is 0.0833. The molecule has 0 saturated carbocycles. The third kappa shape index (κ3) is 6.93. The van der Waals surface area contributed by atoms with Gasteiger partial charge in [-0.1, -0.05) is 97.1 Å². The minimum absolute atomic E-state index is 0.759. The van der Waals surface area contributed by atoms with E-state index in [9.17, 15) is 0 Å². The van der Waals surface area contributed by atoms with Crippen molar-refractivity contribution in [1.82, 2.24) is 20.4 Å². The highest BCUT2D eigenvalue weighted by Gasteiger charge is 2.17. The summed E-state index contributed by atoms with van der Waals surface area (Å²) in [5.41, 5.74) is 2.65. The van der Waals surface area contributed by atoms with Gasteiger partial charge >= 0.3 is 0 Å². The van der Waals surface area contributed by atoms with Crippen LogP contribution in [0, 0.1) is 0 Å². The van der Waals surface area contributed by atoms with Crippen molar-refractivity contribution < 1.29 is 0 Å². The average molecular weight is 643 g/mol. The van der Waals surface area contributed by atoms with E-state index in [1.807, 2.05) is 0 Å². The van der Waals surface area contributed by atoms with Gasteiger partial charge < -0.3 is 20.4 Å². The van der Waals surface area contributed by atoms with E-state index in [1.165, 1.54) is 54.2 Å². The van der Waals surface area contributed by atoms with E-state index in [4.69, 9.17) is 24.4 Å². The third-order valence-corrected chi connectivity index (χ3v) is 9.61. The molecule has 0 aliphatic heterocycles. The Labute approximate surface area is 283 Å². The van der Waals surface area contributed by atoms with Crippen LogP contribution in [0.5, 0.6) is 0 Å². The number of unbranched alkanes of at least 4 members (excludes halogenated alkanes) is 1. The monoisotopic (exact) mass is 642 g/mol. The van der Waals surface area contributed by atoms with Gasteiger partial charge in [-0.2, -0.15) is 0 Å². The molecule has 234 valence electrons. The summed E-state index contributed by atoms with van der Waals surface area (Å²) in [6, 6.07) is 39.4. The predicted octanol–water partition coefficient (Wildman–Crippen LogP) is 9.17. The summed E-state index contributed by atoms with van der Waals surface area (Å²) < 4.78 is 0. The smallest absolute Gasteiger partial charge is 0.169 e. The van der Waals surface area contributed by atoms with E-state index in [0.29, 0.717) is 0 Å². The van der Waals surface area contributed by atoms with E-state index >= 15 is 0 Å². The van der Waals surface area contributed by atoms with Crippen LogP contribution >= 0.6 is 24.4 Å². The second kappa shape index (κ2) is 14.9. The molecule has 0 radical (unpaired) electrons. The molecule has 0 aliphatic rings. The third-order valence-electron chi connectivity index (χ3n) is 8.80. The number of hydrogen-bond donors (Lipinski definition) is 2.